The third-order valence-corrected chi connectivity index (χ3v) is 6.21. The van der Waals surface area contributed by atoms with E-state index < -0.39 is 5.41 Å². The van der Waals surface area contributed by atoms with Crippen molar-refractivity contribution in [3.63, 3.8) is 0 Å². The molecule has 1 amide bonds. The number of carbonyl (C=O) groups is 2. The first-order valence-electron chi connectivity index (χ1n) is 7.47. The van der Waals surface area contributed by atoms with E-state index in [1.165, 1.54) is 0 Å². The molecule has 0 N–H and O–H groups in total. The van der Waals surface area contributed by atoms with Crippen molar-refractivity contribution in [1.82, 2.24) is 4.90 Å². The van der Waals surface area contributed by atoms with Crippen molar-refractivity contribution < 1.29 is 14.3 Å². The highest BCUT2D eigenvalue weighted by Crippen LogP contribution is 2.66. The Labute approximate surface area is 120 Å². The lowest BCUT2D eigenvalue weighted by Gasteiger charge is -2.51. The van der Waals surface area contributed by atoms with E-state index in [9.17, 15) is 9.59 Å². The molecule has 1 saturated carbocycles. The summed E-state index contributed by atoms with van der Waals surface area (Å²) in [6.07, 6.45) is 6.46. The van der Waals surface area contributed by atoms with Crippen molar-refractivity contribution in [3.8, 4) is 0 Å². The second-order valence-electron chi connectivity index (χ2n) is 7.18. The molecule has 2 fully saturated rings. The Morgan fingerprint density at radius 3 is 2.65 bits per heavy atom. The average molecular weight is 277 g/mol. The van der Waals surface area contributed by atoms with Crippen LogP contribution in [-0.2, 0) is 14.3 Å². The van der Waals surface area contributed by atoms with Gasteiger partial charge in [0.15, 0.2) is 5.41 Å². The fraction of sp³-hybridized carbons (Fsp3) is 0.750. The van der Waals surface area contributed by atoms with Gasteiger partial charge < -0.3 is 9.64 Å². The molecular formula is C16H23NO3. The number of carbonyl (C=O) groups excluding carboxylic acids is 2. The standard InChI is InChI=1S/C16H23NO3/c1-14(2)15(3)7-8-16(14,13(19)20-11-15)12(18)17-9-5-4-6-10-17/h4-5H,6-11H2,1-3H3. The largest absolute Gasteiger partial charge is 0.464 e. The molecular weight excluding hydrogens is 254 g/mol. The summed E-state index contributed by atoms with van der Waals surface area (Å²) in [7, 11) is 0. The molecule has 1 aliphatic carbocycles. The summed E-state index contributed by atoms with van der Waals surface area (Å²) in [6, 6.07) is 0. The van der Waals surface area contributed by atoms with Gasteiger partial charge in [-0.1, -0.05) is 32.9 Å². The number of nitrogens with zero attached hydrogens (tertiary/aromatic N) is 1. The van der Waals surface area contributed by atoms with E-state index in [4.69, 9.17) is 4.74 Å². The summed E-state index contributed by atoms with van der Waals surface area (Å²) in [4.78, 5) is 27.4. The Hall–Kier alpha value is -1.32. The number of fused-ring (bicyclic) bond motifs is 2. The van der Waals surface area contributed by atoms with Crippen LogP contribution in [0.2, 0.25) is 0 Å². The molecule has 2 heterocycles. The van der Waals surface area contributed by atoms with Gasteiger partial charge >= 0.3 is 5.97 Å². The maximum absolute atomic E-state index is 13.1. The predicted octanol–water partition coefficient (Wildman–Crippen LogP) is 2.14. The molecule has 0 aromatic heterocycles. The van der Waals surface area contributed by atoms with Crippen LogP contribution in [0.4, 0.5) is 0 Å². The van der Waals surface area contributed by atoms with Gasteiger partial charge in [-0.2, -0.15) is 0 Å². The summed E-state index contributed by atoms with van der Waals surface area (Å²) in [6.45, 7) is 8.03. The maximum atomic E-state index is 13.1. The predicted molar refractivity (Wildman–Crippen MR) is 74.9 cm³/mol. The van der Waals surface area contributed by atoms with Gasteiger partial charge in [-0.25, -0.2) is 0 Å². The first-order chi connectivity index (χ1) is 9.35. The minimum Gasteiger partial charge on any atom is -0.464 e. The van der Waals surface area contributed by atoms with Crippen LogP contribution in [0.15, 0.2) is 12.2 Å². The van der Waals surface area contributed by atoms with E-state index >= 15 is 0 Å². The summed E-state index contributed by atoms with van der Waals surface area (Å²) in [5.41, 5.74) is -1.43. The lowest BCUT2D eigenvalue weighted by atomic mass is 9.57. The van der Waals surface area contributed by atoms with Gasteiger partial charge in [-0.05, 0) is 24.7 Å². The molecule has 4 heteroatoms. The van der Waals surface area contributed by atoms with Crippen LogP contribution in [0, 0.1) is 16.2 Å². The molecule has 20 heavy (non-hydrogen) atoms. The zero-order chi connectivity index (χ0) is 14.6. The molecule has 2 bridgehead atoms. The van der Waals surface area contributed by atoms with Gasteiger partial charge in [0.05, 0.1) is 6.61 Å². The quantitative estimate of drug-likeness (QED) is 0.419. The van der Waals surface area contributed by atoms with E-state index in [2.05, 4.69) is 26.8 Å². The lowest BCUT2D eigenvalue weighted by molar-refractivity contribution is -0.193. The molecule has 3 rings (SSSR count). The Kier molecular flexibility index (Phi) is 2.79. The highest BCUT2D eigenvalue weighted by Gasteiger charge is 2.72. The molecule has 2 unspecified atom stereocenters. The second-order valence-corrected chi connectivity index (χ2v) is 7.18. The smallest absolute Gasteiger partial charge is 0.322 e. The van der Waals surface area contributed by atoms with Crippen molar-refractivity contribution in [3.05, 3.63) is 12.2 Å². The number of hydrogen-bond donors (Lipinski definition) is 0. The van der Waals surface area contributed by atoms with E-state index in [-0.39, 0.29) is 22.7 Å². The summed E-state index contributed by atoms with van der Waals surface area (Å²) in [5, 5.41) is 0. The second kappa shape index (κ2) is 4.09. The SMILES string of the molecule is CC12CCC(C(=O)N3CC=CCC3)(C(=O)OC1)C2(C)C. The van der Waals surface area contributed by atoms with Crippen molar-refractivity contribution >= 4 is 11.9 Å². The summed E-state index contributed by atoms with van der Waals surface area (Å²) >= 11 is 0. The molecule has 0 aromatic rings. The van der Waals surface area contributed by atoms with E-state index in [1.54, 1.807) is 0 Å². The molecule has 2 atom stereocenters. The fourth-order valence-corrected chi connectivity index (χ4v) is 4.12. The Balaban J connectivity index is 2.02. The van der Waals surface area contributed by atoms with Crippen LogP contribution in [-0.4, -0.2) is 36.5 Å². The first kappa shape index (κ1) is 13.7. The van der Waals surface area contributed by atoms with Crippen LogP contribution in [0.5, 0.6) is 0 Å². The van der Waals surface area contributed by atoms with E-state index in [0.29, 0.717) is 26.1 Å². The summed E-state index contributed by atoms with van der Waals surface area (Å²) in [5.74, 6) is -0.336. The first-order valence-corrected chi connectivity index (χ1v) is 7.47. The molecule has 1 saturated heterocycles. The maximum Gasteiger partial charge on any atom is 0.322 e. The summed E-state index contributed by atoms with van der Waals surface area (Å²) < 4.78 is 5.41. The number of ether oxygens (including phenoxy) is 1. The minimum absolute atomic E-state index is 0.0275. The Morgan fingerprint density at radius 2 is 2.00 bits per heavy atom. The Bertz CT molecular complexity index is 496. The van der Waals surface area contributed by atoms with Gasteiger partial charge in [0.1, 0.15) is 0 Å². The molecule has 0 radical (unpaired) electrons. The van der Waals surface area contributed by atoms with Crippen molar-refractivity contribution in [2.45, 2.75) is 40.0 Å². The number of amides is 1. The third kappa shape index (κ3) is 1.42. The highest BCUT2D eigenvalue weighted by atomic mass is 16.5. The van der Waals surface area contributed by atoms with Crippen LogP contribution in [0.3, 0.4) is 0 Å². The van der Waals surface area contributed by atoms with Gasteiger partial charge in [0.2, 0.25) is 5.91 Å². The van der Waals surface area contributed by atoms with Crippen LogP contribution in [0.25, 0.3) is 0 Å². The number of esters is 1. The van der Waals surface area contributed by atoms with Gasteiger partial charge in [0, 0.05) is 18.5 Å². The van der Waals surface area contributed by atoms with Crippen LogP contribution < -0.4 is 0 Å². The van der Waals surface area contributed by atoms with E-state index in [1.807, 2.05) is 11.0 Å². The number of rotatable bonds is 1. The molecule has 0 aromatic carbocycles. The fourth-order valence-electron chi connectivity index (χ4n) is 4.12. The number of cyclic esters (lactones) is 1. The average Bonchev–Trinajstić information content (AvgIpc) is 2.56. The number of hydrogen-bond acceptors (Lipinski definition) is 3. The zero-order valence-electron chi connectivity index (χ0n) is 12.6. The third-order valence-electron chi connectivity index (χ3n) is 6.21. The zero-order valence-corrected chi connectivity index (χ0v) is 12.6. The molecule has 4 nitrogen and oxygen atoms in total. The minimum atomic E-state index is -0.981. The van der Waals surface area contributed by atoms with Crippen molar-refractivity contribution in [1.29, 1.82) is 0 Å². The van der Waals surface area contributed by atoms with Crippen molar-refractivity contribution in [2.75, 3.05) is 19.7 Å². The van der Waals surface area contributed by atoms with Gasteiger partial charge in [-0.15, -0.1) is 0 Å². The lowest BCUT2D eigenvalue weighted by Crippen LogP contribution is -2.61. The Morgan fingerprint density at radius 1 is 1.25 bits per heavy atom. The normalized spacial score (nSPS) is 38.8. The highest BCUT2D eigenvalue weighted by molar-refractivity contribution is 6.05. The molecule has 0 spiro atoms. The van der Waals surface area contributed by atoms with Crippen LogP contribution in [0.1, 0.15) is 40.0 Å². The van der Waals surface area contributed by atoms with Crippen LogP contribution >= 0.6 is 0 Å². The van der Waals surface area contributed by atoms with E-state index in [0.717, 1.165) is 12.8 Å². The topological polar surface area (TPSA) is 46.6 Å². The van der Waals surface area contributed by atoms with Gasteiger partial charge in [0.25, 0.3) is 0 Å². The molecule has 2 aliphatic heterocycles. The van der Waals surface area contributed by atoms with Gasteiger partial charge in [-0.3, -0.25) is 9.59 Å². The molecule has 3 aliphatic rings. The monoisotopic (exact) mass is 277 g/mol. The molecule has 110 valence electrons. The van der Waals surface area contributed by atoms with Crippen molar-refractivity contribution in [2.24, 2.45) is 16.2 Å².